The van der Waals surface area contributed by atoms with Crippen LogP contribution in [0.4, 0.5) is 13.2 Å². The molecule has 1 saturated heterocycles. The Hall–Kier alpha value is -1.81. The highest BCUT2D eigenvalue weighted by molar-refractivity contribution is 7.89. The number of carboxylic acids is 1. The third-order valence-electron chi connectivity index (χ3n) is 3.79. The second kappa shape index (κ2) is 6.60. The predicted molar refractivity (Wildman–Crippen MR) is 77.2 cm³/mol. The average molecular weight is 367 g/mol. The third-order valence-corrected chi connectivity index (χ3v) is 5.67. The fraction of sp³-hybridized carbons (Fsp3) is 0.500. The first kappa shape index (κ1) is 18.5. The molecule has 1 aromatic carbocycles. The fourth-order valence-electron chi connectivity index (χ4n) is 2.58. The van der Waals surface area contributed by atoms with Gasteiger partial charge in [0.25, 0.3) is 0 Å². The molecule has 1 aromatic rings. The SMILES string of the molecule is COc1cc(C(F)(F)F)cc(S(=O)(=O)N2CCCCC2C(=O)O)c1. The van der Waals surface area contributed by atoms with Crippen LogP contribution in [0.15, 0.2) is 23.1 Å². The molecule has 0 saturated carbocycles. The first-order valence-corrected chi connectivity index (χ1v) is 8.52. The molecule has 0 bridgehead atoms. The second-order valence-electron chi connectivity index (χ2n) is 5.36. The summed E-state index contributed by atoms with van der Waals surface area (Å²) in [5.41, 5.74) is -1.18. The van der Waals surface area contributed by atoms with E-state index < -0.39 is 38.7 Å². The van der Waals surface area contributed by atoms with E-state index in [1.807, 2.05) is 0 Å². The van der Waals surface area contributed by atoms with Crippen molar-refractivity contribution in [2.24, 2.45) is 0 Å². The predicted octanol–water partition coefficient (Wildman–Crippen LogP) is 2.34. The standard InChI is InChI=1S/C14H16F3NO5S/c1-23-10-6-9(14(15,16)17)7-11(8-10)24(21,22)18-5-3-2-4-12(18)13(19)20/h6-8,12H,2-5H2,1H3,(H,19,20). The Morgan fingerprint density at radius 3 is 2.50 bits per heavy atom. The molecule has 24 heavy (non-hydrogen) atoms. The summed E-state index contributed by atoms with van der Waals surface area (Å²) < 4.78 is 69.8. The fourth-order valence-corrected chi connectivity index (χ4v) is 4.29. The van der Waals surface area contributed by atoms with Gasteiger partial charge in [0.05, 0.1) is 17.6 Å². The van der Waals surface area contributed by atoms with Crippen LogP contribution in [-0.4, -0.2) is 43.5 Å². The number of ether oxygens (including phenoxy) is 1. The minimum Gasteiger partial charge on any atom is -0.497 e. The Labute approximate surface area is 136 Å². The molecule has 10 heteroatoms. The molecule has 0 aliphatic carbocycles. The Balaban J connectivity index is 2.54. The van der Waals surface area contributed by atoms with Crippen LogP contribution >= 0.6 is 0 Å². The number of piperidine rings is 1. The van der Waals surface area contributed by atoms with Gasteiger partial charge in [-0.3, -0.25) is 4.79 Å². The number of halogens is 3. The number of hydrogen-bond acceptors (Lipinski definition) is 4. The summed E-state index contributed by atoms with van der Waals surface area (Å²) in [5, 5.41) is 9.19. The smallest absolute Gasteiger partial charge is 0.416 e. The molecule has 1 atom stereocenters. The lowest BCUT2D eigenvalue weighted by atomic mass is 10.1. The van der Waals surface area contributed by atoms with Gasteiger partial charge >= 0.3 is 12.1 Å². The van der Waals surface area contributed by atoms with Crippen molar-refractivity contribution in [2.45, 2.75) is 36.4 Å². The van der Waals surface area contributed by atoms with Gasteiger partial charge in [-0.1, -0.05) is 0 Å². The lowest BCUT2D eigenvalue weighted by molar-refractivity contribution is -0.142. The molecule has 1 heterocycles. The zero-order valence-electron chi connectivity index (χ0n) is 12.7. The zero-order chi connectivity index (χ0) is 18.1. The molecule has 0 spiro atoms. The Morgan fingerprint density at radius 1 is 1.29 bits per heavy atom. The monoisotopic (exact) mass is 367 g/mol. The quantitative estimate of drug-likeness (QED) is 0.883. The number of carboxylic acid groups (broad SMARTS) is 1. The van der Waals surface area contributed by atoms with Gasteiger partial charge in [0.1, 0.15) is 11.8 Å². The van der Waals surface area contributed by atoms with Crippen LogP contribution in [0.1, 0.15) is 24.8 Å². The van der Waals surface area contributed by atoms with Crippen molar-refractivity contribution >= 4 is 16.0 Å². The molecule has 0 amide bonds. The molecule has 6 nitrogen and oxygen atoms in total. The van der Waals surface area contributed by atoms with Gasteiger partial charge in [-0.2, -0.15) is 17.5 Å². The molecule has 1 N–H and O–H groups in total. The van der Waals surface area contributed by atoms with Gasteiger partial charge in [0.2, 0.25) is 10.0 Å². The third kappa shape index (κ3) is 3.64. The lowest BCUT2D eigenvalue weighted by Crippen LogP contribution is -2.47. The van der Waals surface area contributed by atoms with Crippen molar-refractivity contribution in [3.63, 3.8) is 0 Å². The van der Waals surface area contributed by atoms with Crippen molar-refractivity contribution in [3.05, 3.63) is 23.8 Å². The van der Waals surface area contributed by atoms with Gasteiger partial charge < -0.3 is 9.84 Å². The molecular formula is C14H16F3NO5S. The largest absolute Gasteiger partial charge is 0.497 e. The number of sulfonamides is 1. The van der Waals surface area contributed by atoms with Crippen molar-refractivity contribution in [3.8, 4) is 5.75 Å². The molecule has 1 fully saturated rings. The maximum atomic E-state index is 13.0. The van der Waals surface area contributed by atoms with Gasteiger partial charge in [-0.25, -0.2) is 8.42 Å². The van der Waals surface area contributed by atoms with Crippen LogP contribution in [0.3, 0.4) is 0 Å². The Bertz CT molecular complexity index is 732. The second-order valence-corrected chi connectivity index (χ2v) is 7.25. The number of nitrogens with zero attached hydrogens (tertiary/aromatic N) is 1. The number of methoxy groups -OCH3 is 1. The first-order chi connectivity index (χ1) is 11.1. The Kier molecular flexibility index (Phi) is 5.09. The van der Waals surface area contributed by atoms with Crippen molar-refractivity contribution < 1.29 is 36.2 Å². The molecule has 0 radical (unpaired) electrons. The summed E-state index contributed by atoms with van der Waals surface area (Å²) in [5.74, 6) is -1.59. The molecule has 1 aliphatic heterocycles. The van der Waals surface area contributed by atoms with Crippen LogP contribution in [0, 0.1) is 0 Å². The molecule has 1 aliphatic rings. The lowest BCUT2D eigenvalue weighted by Gasteiger charge is -2.32. The maximum absolute atomic E-state index is 13.0. The van der Waals surface area contributed by atoms with E-state index in [-0.39, 0.29) is 18.7 Å². The van der Waals surface area contributed by atoms with E-state index in [0.29, 0.717) is 25.0 Å². The van der Waals surface area contributed by atoms with E-state index >= 15 is 0 Å². The summed E-state index contributed by atoms with van der Waals surface area (Å²) in [6, 6.07) is 0.845. The number of aliphatic carboxylic acids is 1. The summed E-state index contributed by atoms with van der Waals surface area (Å²) >= 11 is 0. The van der Waals surface area contributed by atoms with E-state index in [9.17, 15) is 31.5 Å². The van der Waals surface area contributed by atoms with E-state index in [2.05, 4.69) is 0 Å². The van der Waals surface area contributed by atoms with Gasteiger partial charge in [-0.05, 0) is 31.4 Å². The van der Waals surface area contributed by atoms with Crippen LogP contribution in [-0.2, 0) is 21.0 Å². The van der Waals surface area contributed by atoms with Crippen LogP contribution in [0.25, 0.3) is 0 Å². The minimum atomic E-state index is -4.76. The number of rotatable bonds is 4. The molecule has 0 aromatic heterocycles. The van der Waals surface area contributed by atoms with Crippen LogP contribution < -0.4 is 4.74 Å². The molecular weight excluding hydrogens is 351 g/mol. The van der Waals surface area contributed by atoms with E-state index in [0.717, 1.165) is 17.5 Å². The minimum absolute atomic E-state index is 0.0577. The molecule has 1 unspecified atom stereocenters. The van der Waals surface area contributed by atoms with Gasteiger partial charge in [-0.15, -0.1) is 0 Å². The van der Waals surface area contributed by atoms with E-state index in [4.69, 9.17) is 4.74 Å². The highest BCUT2D eigenvalue weighted by Gasteiger charge is 2.39. The van der Waals surface area contributed by atoms with Gasteiger partial charge in [0, 0.05) is 12.6 Å². The summed E-state index contributed by atoms with van der Waals surface area (Å²) in [7, 11) is -3.28. The topological polar surface area (TPSA) is 83.9 Å². The van der Waals surface area contributed by atoms with Crippen LogP contribution in [0.2, 0.25) is 0 Å². The normalized spacial score (nSPS) is 19.9. The summed E-state index contributed by atoms with van der Waals surface area (Å²) in [6.07, 6.45) is -3.66. The van der Waals surface area contributed by atoms with Crippen LogP contribution in [0.5, 0.6) is 5.75 Å². The van der Waals surface area contributed by atoms with E-state index in [1.165, 1.54) is 0 Å². The number of benzene rings is 1. The molecule has 2 rings (SSSR count). The Morgan fingerprint density at radius 2 is 1.96 bits per heavy atom. The highest BCUT2D eigenvalue weighted by atomic mass is 32.2. The molecule has 134 valence electrons. The van der Waals surface area contributed by atoms with Gasteiger partial charge in [0.15, 0.2) is 0 Å². The number of carbonyl (C=O) groups is 1. The highest BCUT2D eigenvalue weighted by Crippen LogP contribution is 2.35. The van der Waals surface area contributed by atoms with Crippen molar-refractivity contribution in [2.75, 3.05) is 13.7 Å². The average Bonchev–Trinajstić information content (AvgIpc) is 2.53. The van der Waals surface area contributed by atoms with Crippen molar-refractivity contribution in [1.29, 1.82) is 0 Å². The number of hydrogen-bond donors (Lipinski definition) is 1. The summed E-state index contributed by atoms with van der Waals surface area (Å²) in [6.45, 7) is -0.0577. The van der Waals surface area contributed by atoms with E-state index in [1.54, 1.807) is 0 Å². The first-order valence-electron chi connectivity index (χ1n) is 7.08. The summed E-state index contributed by atoms with van der Waals surface area (Å²) in [4.78, 5) is 10.6. The number of alkyl halides is 3. The van der Waals surface area contributed by atoms with Crippen molar-refractivity contribution in [1.82, 2.24) is 4.31 Å². The zero-order valence-corrected chi connectivity index (χ0v) is 13.5. The maximum Gasteiger partial charge on any atom is 0.416 e.